The Kier molecular flexibility index (Phi) is 3.71. The van der Waals surface area contributed by atoms with Crippen molar-refractivity contribution >= 4 is 49.8 Å². The lowest BCUT2D eigenvalue weighted by Crippen LogP contribution is -2.13. The Balaban J connectivity index is 1.91. The summed E-state index contributed by atoms with van der Waals surface area (Å²) in [4.78, 5) is 17.4. The van der Waals surface area contributed by atoms with Gasteiger partial charge in [0.15, 0.2) is 4.80 Å². The number of halogens is 1. The van der Waals surface area contributed by atoms with Crippen molar-refractivity contribution in [3.63, 3.8) is 0 Å². The molecule has 0 N–H and O–H groups in total. The number of thiazole rings is 1. The third-order valence-corrected chi connectivity index (χ3v) is 5.32. The van der Waals surface area contributed by atoms with Crippen LogP contribution in [0.3, 0.4) is 0 Å². The van der Waals surface area contributed by atoms with Crippen molar-refractivity contribution in [1.82, 2.24) is 4.57 Å². The van der Waals surface area contributed by atoms with Crippen molar-refractivity contribution in [2.75, 3.05) is 0 Å². The SMILES string of the molecule is Cn1c(=NC(=O)c2ccc(Cl)cc2)sc2ccc3ccccc3c21. The molecular weight excluding hydrogens is 340 g/mol. The maximum Gasteiger partial charge on any atom is 0.279 e. The number of carbonyl (C=O) groups excluding carboxylic acids is 1. The number of rotatable bonds is 1. The zero-order valence-electron chi connectivity index (χ0n) is 12.9. The van der Waals surface area contributed by atoms with Crippen LogP contribution in [0.4, 0.5) is 0 Å². The van der Waals surface area contributed by atoms with Gasteiger partial charge in [-0.1, -0.05) is 53.3 Å². The van der Waals surface area contributed by atoms with Gasteiger partial charge in [0.05, 0.1) is 10.2 Å². The Bertz CT molecular complexity index is 1140. The Morgan fingerprint density at radius 1 is 1.04 bits per heavy atom. The highest BCUT2D eigenvalue weighted by Gasteiger charge is 2.09. The molecule has 24 heavy (non-hydrogen) atoms. The van der Waals surface area contributed by atoms with Crippen LogP contribution in [0.15, 0.2) is 65.7 Å². The van der Waals surface area contributed by atoms with Crippen molar-refractivity contribution in [2.45, 2.75) is 0 Å². The Morgan fingerprint density at radius 3 is 2.58 bits per heavy atom. The van der Waals surface area contributed by atoms with E-state index in [1.54, 1.807) is 24.3 Å². The monoisotopic (exact) mass is 352 g/mol. The highest BCUT2D eigenvalue weighted by molar-refractivity contribution is 7.16. The normalized spacial score (nSPS) is 12.2. The lowest BCUT2D eigenvalue weighted by Gasteiger charge is -2.01. The number of nitrogens with zero attached hydrogens (tertiary/aromatic N) is 2. The summed E-state index contributed by atoms with van der Waals surface area (Å²) in [5.74, 6) is -0.266. The van der Waals surface area contributed by atoms with Gasteiger partial charge in [0, 0.05) is 23.0 Å². The summed E-state index contributed by atoms with van der Waals surface area (Å²) in [6.45, 7) is 0. The molecule has 0 unspecified atom stereocenters. The van der Waals surface area contributed by atoms with Crippen LogP contribution in [0.25, 0.3) is 21.0 Å². The van der Waals surface area contributed by atoms with E-state index < -0.39 is 0 Å². The van der Waals surface area contributed by atoms with Crippen molar-refractivity contribution in [2.24, 2.45) is 12.0 Å². The molecule has 1 aromatic heterocycles. The lowest BCUT2D eigenvalue weighted by atomic mass is 10.1. The van der Waals surface area contributed by atoms with Crippen molar-refractivity contribution in [3.8, 4) is 0 Å². The molecule has 3 aromatic carbocycles. The fourth-order valence-electron chi connectivity index (χ4n) is 2.77. The molecule has 0 radical (unpaired) electrons. The van der Waals surface area contributed by atoms with E-state index >= 15 is 0 Å². The first kappa shape index (κ1) is 15.1. The molecule has 0 saturated carbocycles. The van der Waals surface area contributed by atoms with E-state index in [4.69, 9.17) is 11.6 Å². The zero-order chi connectivity index (χ0) is 16.7. The van der Waals surface area contributed by atoms with Crippen LogP contribution in [0.1, 0.15) is 10.4 Å². The van der Waals surface area contributed by atoms with E-state index in [0.717, 1.165) is 15.6 Å². The highest BCUT2D eigenvalue weighted by atomic mass is 35.5. The van der Waals surface area contributed by atoms with Crippen LogP contribution in [-0.4, -0.2) is 10.5 Å². The number of aryl methyl sites for hydroxylation is 1. The second kappa shape index (κ2) is 5.89. The molecule has 0 aliphatic rings. The third kappa shape index (κ3) is 2.54. The van der Waals surface area contributed by atoms with E-state index in [9.17, 15) is 4.79 Å². The highest BCUT2D eigenvalue weighted by Crippen LogP contribution is 2.26. The molecule has 4 rings (SSSR count). The van der Waals surface area contributed by atoms with Gasteiger partial charge in [-0.2, -0.15) is 4.99 Å². The standard InChI is InChI=1S/C19H13ClN2OS/c1-22-17-15-5-3-2-4-12(15)8-11-16(17)24-19(22)21-18(23)13-6-9-14(20)10-7-13/h2-11H,1H3. The molecule has 0 spiro atoms. The van der Waals surface area contributed by atoms with Crippen LogP contribution in [0.5, 0.6) is 0 Å². The number of hydrogen-bond acceptors (Lipinski definition) is 2. The van der Waals surface area contributed by atoms with Gasteiger partial charge < -0.3 is 4.57 Å². The average molecular weight is 353 g/mol. The predicted molar refractivity (Wildman–Crippen MR) is 99.6 cm³/mol. The number of hydrogen-bond donors (Lipinski definition) is 0. The molecule has 0 fully saturated rings. The quantitative estimate of drug-likeness (QED) is 0.485. The Morgan fingerprint density at radius 2 is 1.79 bits per heavy atom. The van der Waals surface area contributed by atoms with Crippen LogP contribution in [-0.2, 0) is 7.05 Å². The van der Waals surface area contributed by atoms with Gasteiger partial charge in [0.1, 0.15) is 0 Å². The van der Waals surface area contributed by atoms with Gasteiger partial charge in [-0.25, -0.2) is 0 Å². The van der Waals surface area contributed by atoms with Crippen LogP contribution in [0.2, 0.25) is 5.02 Å². The third-order valence-electron chi connectivity index (χ3n) is 3.98. The summed E-state index contributed by atoms with van der Waals surface area (Å²) in [5.41, 5.74) is 1.63. The number of carbonyl (C=O) groups is 1. The molecule has 0 aliphatic heterocycles. The molecule has 0 atom stereocenters. The molecular formula is C19H13ClN2OS. The maximum atomic E-state index is 12.4. The number of benzene rings is 3. The van der Waals surface area contributed by atoms with Crippen molar-refractivity contribution < 1.29 is 4.79 Å². The average Bonchev–Trinajstić information content (AvgIpc) is 2.92. The zero-order valence-corrected chi connectivity index (χ0v) is 14.4. The smallest absolute Gasteiger partial charge is 0.279 e. The number of amides is 1. The minimum absolute atomic E-state index is 0.266. The molecule has 5 heteroatoms. The van der Waals surface area contributed by atoms with Gasteiger partial charge in [0.25, 0.3) is 5.91 Å². The van der Waals surface area contributed by atoms with E-state index in [0.29, 0.717) is 15.4 Å². The van der Waals surface area contributed by atoms with Crippen molar-refractivity contribution in [1.29, 1.82) is 0 Å². The molecule has 1 heterocycles. The summed E-state index contributed by atoms with van der Waals surface area (Å²) in [7, 11) is 1.94. The molecule has 4 aromatic rings. The fraction of sp³-hybridized carbons (Fsp3) is 0.0526. The fourth-order valence-corrected chi connectivity index (χ4v) is 3.93. The lowest BCUT2D eigenvalue weighted by molar-refractivity contribution is 0.0998. The van der Waals surface area contributed by atoms with Gasteiger partial charge in [0.2, 0.25) is 0 Å². The minimum atomic E-state index is -0.266. The van der Waals surface area contributed by atoms with Crippen LogP contribution >= 0.6 is 22.9 Å². The van der Waals surface area contributed by atoms with Gasteiger partial charge in [-0.3, -0.25) is 4.79 Å². The van der Waals surface area contributed by atoms with E-state index in [1.807, 2.05) is 23.7 Å². The molecule has 0 aliphatic carbocycles. The van der Waals surface area contributed by atoms with E-state index in [2.05, 4.69) is 29.3 Å². The molecule has 3 nitrogen and oxygen atoms in total. The summed E-state index contributed by atoms with van der Waals surface area (Å²) < 4.78 is 3.09. The Labute approximate surface area is 147 Å². The first-order valence-corrected chi connectivity index (χ1v) is 8.65. The van der Waals surface area contributed by atoms with E-state index in [-0.39, 0.29) is 5.91 Å². The summed E-state index contributed by atoms with van der Waals surface area (Å²) in [6, 6.07) is 19.2. The maximum absolute atomic E-state index is 12.4. The molecule has 1 amide bonds. The number of fused-ring (bicyclic) bond motifs is 3. The molecule has 118 valence electrons. The largest absolute Gasteiger partial charge is 0.319 e. The molecule has 0 bridgehead atoms. The van der Waals surface area contributed by atoms with Crippen LogP contribution in [0, 0.1) is 0 Å². The van der Waals surface area contributed by atoms with Crippen LogP contribution < -0.4 is 4.80 Å². The van der Waals surface area contributed by atoms with Gasteiger partial charge in [-0.15, -0.1) is 0 Å². The first-order chi connectivity index (χ1) is 11.6. The Hall–Kier alpha value is -2.43. The van der Waals surface area contributed by atoms with Gasteiger partial charge in [-0.05, 0) is 35.7 Å². The van der Waals surface area contributed by atoms with Crippen molar-refractivity contribution in [3.05, 3.63) is 76.1 Å². The minimum Gasteiger partial charge on any atom is -0.319 e. The topological polar surface area (TPSA) is 34.4 Å². The summed E-state index contributed by atoms with van der Waals surface area (Å²) >= 11 is 7.38. The first-order valence-electron chi connectivity index (χ1n) is 7.45. The van der Waals surface area contributed by atoms with Gasteiger partial charge >= 0.3 is 0 Å². The second-order valence-electron chi connectivity index (χ2n) is 5.50. The second-order valence-corrected chi connectivity index (χ2v) is 6.95. The number of aromatic nitrogens is 1. The predicted octanol–water partition coefficient (Wildman–Crippen LogP) is 4.79. The molecule has 0 saturated heterocycles. The summed E-state index contributed by atoms with van der Waals surface area (Å²) in [6.07, 6.45) is 0. The summed E-state index contributed by atoms with van der Waals surface area (Å²) in [5, 5.41) is 2.94. The van der Waals surface area contributed by atoms with E-state index in [1.165, 1.54) is 16.7 Å².